The van der Waals surface area contributed by atoms with Crippen LogP contribution in [0.2, 0.25) is 0 Å². The molecular formula is C5H12O8P2. The maximum Gasteiger partial charge on any atom is 0.481 e. The van der Waals surface area contributed by atoms with Crippen molar-refractivity contribution in [1.82, 2.24) is 0 Å². The highest BCUT2D eigenvalue weighted by Crippen LogP contribution is 2.57. The average Bonchev–Trinajstić information content (AvgIpc) is 1.95. The van der Waals surface area contributed by atoms with Gasteiger partial charge in [-0.2, -0.15) is 4.31 Å². The fourth-order valence-electron chi connectivity index (χ4n) is 0.481. The van der Waals surface area contributed by atoms with Gasteiger partial charge in [0.25, 0.3) is 0 Å². The highest BCUT2D eigenvalue weighted by atomic mass is 31.3. The van der Waals surface area contributed by atoms with Crippen molar-refractivity contribution in [1.29, 1.82) is 0 Å². The molecule has 8 nitrogen and oxygen atoms in total. The van der Waals surface area contributed by atoms with Crippen LogP contribution >= 0.6 is 15.6 Å². The largest absolute Gasteiger partial charge is 0.481 e. The van der Waals surface area contributed by atoms with Crippen LogP contribution in [0.5, 0.6) is 0 Å². The van der Waals surface area contributed by atoms with Crippen LogP contribution < -0.4 is 0 Å². The number of hydrogen-bond acceptors (Lipinski definition) is 5. The summed E-state index contributed by atoms with van der Waals surface area (Å²) in [6.45, 7) is 2.23. The zero-order chi connectivity index (χ0) is 12.3. The number of phosphoric acid groups is 2. The van der Waals surface area contributed by atoms with Gasteiger partial charge in [-0.1, -0.05) is 6.92 Å². The highest BCUT2D eigenvalue weighted by molar-refractivity contribution is 7.60. The van der Waals surface area contributed by atoms with Gasteiger partial charge in [-0.25, -0.2) is 9.13 Å². The average molecular weight is 262 g/mol. The lowest BCUT2D eigenvalue weighted by molar-refractivity contribution is -0.121. The maximum absolute atomic E-state index is 10.9. The topological polar surface area (TPSA) is 130 Å². The number of carbonyl (C=O) groups is 1. The minimum Gasteiger partial charge on any atom is -0.302 e. The summed E-state index contributed by atoms with van der Waals surface area (Å²) in [5, 5.41) is 0. The van der Waals surface area contributed by atoms with Gasteiger partial charge in [0.05, 0.1) is 6.61 Å². The van der Waals surface area contributed by atoms with Crippen LogP contribution in [0.4, 0.5) is 0 Å². The number of rotatable bonds is 6. The summed E-state index contributed by atoms with van der Waals surface area (Å²) in [5.74, 6) is -0.947. The SMILES string of the molecule is CC(=O)C(C)COP(=O)(O)OP(=O)(O)O. The van der Waals surface area contributed by atoms with Crippen molar-refractivity contribution in [2.45, 2.75) is 13.8 Å². The number of carbonyl (C=O) groups excluding carboxylic acids is 1. The molecule has 2 atom stereocenters. The van der Waals surface area contributed by atoms with Crippen molar-refractivity contribution < 1.29 is 37.4 Å². The Morgan fingerprint density at radius 3 is 2.13 bits per heavy atom. The summed E-state index contributed by atoms with van der Waals surface area (Å²) >= 11 is 0. The van der Waals surface area contributed by atoms with Crippen LogP contribution in [-0.2, 0) is 22.8 Å². The summed E-state index contributed by atoms with van der Waals surface area (Å²) in [6.07, 6.45) is 0. The molecule has 0 aliphatic heterocycles. The number of Topliss-reactive ketones (excluding diaryl/α,β-unsaturated/α-hetero) is 1. The van der Waals surface area contributed by atoms with E-state index in [4.69, 9.17) is 14.7 Å². The van der Waals surface area contributed by atoms with Gasteiger partial charge in [-0.05, 0) is 6.92 Å². The molecule has 0 radical (unpaired) electrons. The molecule has 0 bridgehead atoms. The zero-order valence-electron chi connectivity index (χ0n) is 8.06. The lowest BCUT2D eigenvalue weighted by Crippen LogP contribution is -2.13. The van der Waals surface area contributed by atoms with Crippen LogP contribution in [0, 0.1) is 5.92 Å². The lowest BCUT2D eigenvalue weighted by Gasteiger charge is -2.14. The van der Waals surface area contributed by atoms with E-state index in [0.717, 1.165) is 0 Å². The fourth-order valence-corrected chi connectivity index (χ4v) is 2.16. The second-order valence-corrected chi connectivity index (χ2v) is 5.68. The maximum atomic E-state index is 10.9. The van der Waals surface area contributed by atoms with Gasteiger partial charge >= 0.3 is 15.6 Å². The van der Waals surface area contributed by atoms with Crippen molar-refractivity contribution in [2.75, 3.05) is 6.61 Å². The Kier molecular flexibility index (Phi) is 5.29. The van der Waals surface area contributed by atoms with Crippen molar-refractivity contribution in [3.05, 3.63) is 0 Å². The molecule has 0 spiro atoms. The van der Waals surface area contributed by atoms with Crippen LogP contribution in [0.3, 0.4) is 0 Å². The van der Waals surface area contributed by atoms with Gasteiger partial charge in [0.1, 0.15) is 5.78 Å². The third-order valence-corrected chi connectivity index (χ3v) is 3.54. The molecule has 0 heterocycles. The van der Waals surface area contributed by atoms with Gasteiger partial charge in [0.15, 0.2) is 0 Å². The first-order valence-corrected chi connectivity index (χ1v) is 6.81. The molecule has 0 aromatic heterocycles. The Morgan fingerprint density at radius 2 is 1.80 bits per heavy atom. The quantitative estimate of drug-likeness (QED) is 0.587. The standard InChI is InChI=1S/C5H12O8P2/c1-4(5(2)6)3-12-15(10,11)13-14(7,8)9/h4H,3H2,1-2H3,(H,10,11)(H2,7,8,9). The van der Waals surface area contributed by atoms with Crippen molar-refractivity contribution in [3.63, 3.8) is 0 Å². The Labute approximate surface area is 86.1 Å². The zero-order valence-corrected chi connectivity index (χ0v) is 9.85. The molecule has 0 fully saturated rings. The molecule has 10 heteroatoms. The fraction of sp³-hybridized carbons (Fsp3) is 0.800. The Balaban J connectivity index is 4.23. The molecule has 0 aliphatic carbocycles. The molecule has 0 saturated carbocycles. The van der Waals surface area contributed by atoms with E-state index >= 15 is 0 Å². The molecule has 0 aromatic rings. The number of hydrogen-bond donors (Lipinski definition) is 3. The molecule has 90 valence electrons. The van der Waals surface area contributed by atoms with Gasteiger partial charge < -0.3 is 14.7 Å². The minimum atomic E-state index is -5.09. The van der Waals surface area contributed by atoms with Crippen LogP contribution in [0.1, 0.15) is 13.8 Å². The summed E-state index contributed by atoms with van der Waals surface area (Å²) < 4.78 is 28.8. The molecule has 0 aliphatic rings. The minimum absolute atomic E-state index is 0.286. The molecule has 0 aromatic carbocycles. The Morgan fingerprint density at radius 1 is 1.33 bits per heavy atom. The first-order valence-electron chi connectivity index (χ1n) is 3.78. The smallest absolute Gasteiger partial charge is 0.302 e. The summed E-state index contributed by atoms with van der Waals surface area (Å²) in [4.78, 5) is 36.0. The Hall–Kier alpha value is -0.0700. The monoisotopic (exact) mass is 262 g/mol. The normalized spacial score (nSPS) is 18.2. The van der Waals surface area contributed by atoms with Gasteiger partial charge in [-0.3, -0.25) is 9.32 Å². The predicted octanol–water partition coefficient (Wildman–Crippen LogP) is 0.438. The van der Waals surface area contributed by atoms with Crippen molar-refractivity contribution in [2.24, 2.45) is 5.92 Å². The van der Waals surface area contributed by atoms with Crippen molar-refractivity contribution in [3.8, 4) is 0 Å². The van der Waals surface area contributed by atoms with E-state index in [2.05, 4.69) is 8.83 Å². The number of ketones is 1. The summed E-state index contributed by atoms with van der Waals surface area (Å²) in [7, 11) is -9.92. The van der Waals surface area contributed by atoms with Crippen LogP contribution in [0.25, 0.3) is 0 Å². The van der Waals surface area contributed by atoms with Crippen LogP contribution in [0.15, 0.2) is 0 Å². The molecule has 15 heavy (non-hydrogen) atoms. The van der Waals surface area contributed by atoms with Gasteiger partial charge in [0, 0.05) is 5.92 Å². The molecule has 0 rings (SSSR count). The van der Waals surface area contributed by atoms with E-state index in [1.807, 2.05) is 0 Å². The molecule has 2 unspecified atom stereocenters. The summed E-state index contributed by atoms with van der Waals surface area (Å²) in [5.41, 5.74) is 0. The molecule has 0 amide bonds. The molecule has 0 saturated heterocycles. The van der Waals surface area contributed by atoms with Crippen molar-refractivity contribution >= 4 is 21.4 Å². The van der Waals surface area contributed by atoms with E-state index in [1.165, 1.54) is 13.8 Å². The third-order valence-electron chi connectivity index (χ3n) is 1.39. The molecular weight excluding hydrogens is 250 g/mol. The van der Waals surface area contributed by atoms with E-state index in [1.54, 1.807) is 0 Å². The molecule has 3 N–H and O–H groups in total. The highest BCUT2D eigenvalue weighted by Gasteiger charge is 2.32. The Bertz CT molecular complexity index is 319. The first kappa shape index (κ1) is 14.9. The van der Waals surface area contributed by atoms with E-state index < -0.39 is 28.2 Å². The summed E-state index contributed by atoms with van der Waals surface area (Å²) in [6, 6.07) is 0. The third kappa shape index (κ3) is 7.81. The van der Waals surface area contributed by atoms with E-state index in [0.29, 0.717) is 0 Å². The van der Waals surface area contributed by atoms with Gasteiger partial charge in [-0.15, -0.1) is 0 Å². The van der Waals surface area contributed by atoms with Crippen LogP contribution in [-0.4, -0.2) is 27.1 Å². The first-order chi connectivity index (χ1) is 6.53. The van der Waals surface area contributed by atoms with E-state index in [9.17, 15) is 13.9 Å². The second-order valence-electron chi connectivity index (χ2n) is 2.85. The van der Waals surface area contributed by atoms with E-state index in [-0.39, 0.29) is 5.78 Å². The lowest BCUT2D eigenvalue weighted by atomic mass is 10.1. The number of phosphoric ester groups is 1. The van der Waals surface area contributed by atoms with Gasteiger partial charge in [0.2, 0.25) is 0 Å². The second kappa shape index (κ2) is 5.32. The predicted molar refractivity (Wildman–Crippen MR) is 48.8 cm³/mol.